The molecule has 0 aliphatic heterocycles. The van der Waals surface area contributed by atoms with Crippen LogP contribution < -0.4 is 5.32 Å². The zero-order valence-electron chi connectivity index (χ0n) is 20.1. The van der Waals surface area contributed by atoms with Crippen molar-refractivity contribution >= 4 is 51.3 Å². The number of thiophene rings is 2. The SMILES string of the molecule is CCOC(=O)c1c(NC(=O)CSc2nc(-c3cccs3)c3c(c2C#N)CCCC3)sc2c1CCCC2. The molecule has 0 saturated heterocycles. The fraction of sp³-hybridized carbons (Fsp3) is 0.407. The first kappa shape index (κ1) is 25.0. The van der Waals surface area contributed by atoms with E-state index in [0.717, 1.165) is 77.9 Å². The van der Waals surface area contributed by atoms with E-state index < -0.39 is 0 Å². The van der Waals surface area contributed by atoms with Gasteiger partial charge in [0, 0.05) is 4.88 Å². The minimum atomic E-state index is -0.372. The molecular formula is C27H27N3O3S3. The van der Waals surface area contributed by atoms with Crippen LogP contribution in [0.25, 0.3) is 10.6 Å². The summed E-state index contributed by atoms with van der Waals surface area (Å²) in [6.45, 7) is 2.08. The number of carbonyl (C=O) groups excluding carboxylic acids is 2. The van der Waals surface area contributed by atoms with Gasteiger partial charge in [-0.2, -0.15) is 5.26 Å². The molecule has 3 aromatic rings. The quantitative estimate of drug-likeness (QED) is 0.277. The van der Waals surface area contributed by atoms with E-state index in [4.69, 9.17) is 9.72 Å². The van der Waals surface area contributed by atoms with Crippen LogP contribution >= 0.6 is 34.4 Å². The van der Waals surface area contributed by atoms with E-state index in [2.05, 4.69) is 17.5 Å². The standard InChI is InChI=1S/C27H27N3O3S3/c1-2-33-27(32)23-18-10-5-6-11-20(18)36-26(23)29-22(31)15-35-25-19(14-28)16-8-3-4-9-17(16)24(30-25)21-12-7-13-34-21/h7,12-13H,2-6,8-11,15H2,1H3,(H,29,31). The third-order valence-electron chi connectivity index (χ3n) is 6.59. The Morgan fingerprint density at radius 3 is 2.61 bits per heavy atom. The minimum Gasteiger partial charge on any atom is -0.462 e. The number of fused-ring (bicyclic) bond motifs is 2. The zero-order chi connectivity index (χ0) is 25.1. The van der Waals surface area contributed by atoms with E-state index in [0.29, 0.717) is 27.8 Å². The highest BCUT2D eigenvalue weighted by Crippen LogP contribution is 2.40. The highest BCUT2D eigenvalue weighted by atomic mass is 32.2. The molecule has 0 radical (unpaired) electrons. The number of aryl methyl sites for hydroxylation is 1. The van der Waals surface area contributed by atoms with Gasteiger partial charge in [-0.25, -0.2) is 9.78 Å². The van der Waals surface area contributed by atoms with Crippen LogP contribution in [0.4, 0.5) is 5.00 Å². The molecule has 6 nitrogen and oxygen atoms in total. The van der Waals surface area contributed by atoms with E-state index in [-0.39, 0.29) is 17.6 Å². The van der Waals surface area contributed by atoms with Gasteiger partial charge < -0.3 is 10.1 Å². The summed E-state index contributed by atoms with van der Waals surface area (Å²) >= 11 is 4.42. The van der Waals surface area contributed by atoms with Gasteiger partial charge in [0.05, 0.1) is 34.1 Å². The van der Waals surface area contributed by atoms with Gasteiger partial charge in [0.15, 0.2) is 0 Å². The van der Waals surface area contributed by atoms with E-state index in [9.17, 15) is 14.9 Å². The average Bonchev–Trinajstić information content (AvgIpc) is 3.55. The van der Waals surface area contributed by atoms with Crippen molar-refractivity contribution in [3.8, 4) is 16.6 Å². The summed E-state index contributed by atoms with van der Waals surface area (Å²) in [6, 6.07) is 6.44. The first-order chi connectivity index (χ1) is 17.6. The molecule has 3 aromatic heterocycles. The van der Waals surface area contributed by atoms with E-state index in [1.54, 1.807) is 18.3 Å². The summed E-state index contributed by atoms with van der Waals surface area (Å²) in [4.78, 5) is 32.9. The smallest absolute Gasteiger partial charge is 0.341 e. The number of thioether (sulfide) groups is 1. The minimum absolute atomic E-state index is 0.106. The number of hydrogen-bond acceptors (Lipinski definition) is 8. The molecule has 3 heterocycles. The van der Waals surface area contributed by atoms with Gasteiger partial charge in [-0.05, 0) is 86.4 Å². The molecule has 1 N–H and O–H groups in total. The molecule has 36 heavy (non-hydrogen) atoms. The van der Waals surface area contributed by atoms with Crippen LogP contribution in [0.5, 0.6) is 0 Å². The summed E-state index contributed by atoms with van der Waals surface area (Å²) in [5.41, 5.74) is 5.34. The van der Waals surface area contributed by atoms with Crippen molar-refractivity contribution in [1.82, 2.24) is 4.98 Å². The third kappa shape index (κ3) is 4.95. The fourth-order valence-corrected chi connectivity index (χ4v) is 7.85. The normalized spacial score (nSPS) is 14.4. The number of hydrogen-bond donors (Lipinski definition) is 1. The van der Waals surface area contributed by atoms with Crippen molar-refractivity contribution in [3.63, 3.8) is 0 Å². The van der Waals surface area contributed by atoms with Gasteiger partial charge in [0.1, 0.15) is 16.1 Å². The predicted molar refractivity (Wildman–Crippen MR) is 145 cm³/mol. The predicted octanol–water partition coefficient (Wildman–Crippen LogP) is 6.41. The largest absolute Gasteiger partial charge is 0.462 e. The number of ether oxygens (including phenoxy) is 1. The van der Waals surface area contributed by atoms with Crippen LogP contribution in [0.2, 0.25) is 0 Å². The molecule has 9 heteroatoms. The van der Waals surface area contributed by atoms with Gasteiger partial charge in [-0.15, -0.1) is 22.7 Å². The Balaban J connectivity index is 1.39. The Bertz CT molecular complexity index is 1340. The number of esters is 1. The molecule has 0 atom stereocenters. The molecule has 0 aromatic carbocycles. The lowest BCUT2D eigenvalue weighted by Gasteiger charge is -2.21. The summed E-state index contributed by atoms with van der Waals surface area (Å²) in [6.07, 6.45) is 7.82. The fourth-order valence-electron chi connectivity index (χ4n) is 5.00. The zero-order valence-corrected chi connectivity index (χ0v) is 22.6. The first-order valence-corrected chi connectivity index (χ1v) is 15.0. The summed E-state index contributed by atoms with van der Waals surface area (Å²) in [7, 11) is 0. The molecule has 2 aliphatic carbocycles. The van der Waals surface area contributed by atoms with Crippen molar-refractivity contribution in [3.05, 3.63) is 50.2 Å². The number of nitrogens with one attached hydrogen (secondary N) is 1. The van der Waals surface area contributed by atoms with Crippen molar-refractivity contribution in [2.45, 2.75) is 63.3 Å². The first-order valence-electron chi connectivity index (χ1n) is 12.3. The molecular weight excluding hydrogens is 511 g/mol. The number of rotatable bonds is 7. The average molecular weight is 538 g/mol. The van der Waals surface area contributed by atoms with E-state index in [1.165, 1.54) is 28.7 Å². The second kappa shape index (κ2) is 11.2. The number of carbonyl (C=O) groups is 2. The summed E-state index contributed by atoms with van der Waals surface area (Å²) < 4.78 is 5.30. The lowest BCUT2D eigenvalue weighted by Crippen LogP contribution is -2.17. The Hall–Kier alpha value is -2.67. The van der Waals surface area contributed by atoms with Crippen LogP contribution in [0.1, 0.15) is 70.1 Å². The molecule has 0 saturated carbocycles. The number of anilines is 1. The molecule has 5 rings (SSSR count). The number of nitrogens with zero attached hydrogens (tertiary/aromatic N) is 2. The second-order valence-electron chi connectivity index (χ2n) is 8.87. The monoisotopic (exact) mass is 537 g/mol. The van der Waals surface area contributed by atoms with Crippen LogP contribution in [0.3, 0.4) is 0 Å². The topological polar surface area (TPSA) is 92.1 Å². The Morgan fingerprint density at radius 2 is 1.89 bits per heavy atom. The van der Waals surface area contributed by atoms with E-state index in [1.807, 2.05) is 11.4 Å². The maximum atomic E-state index is 13.0. The van der Waals surface area contributed by atoms with E-state index >= 15 is 0 Å². The van der Waals surface area contributed by atoms with Crippen LogP contribution in [-0.2, 0) is 35.2 Å². The van der Waals surface area contributed by atoms with Gasteiger partial charge in [-0.1, -0.05) is 17.8 Å². The molecule has 0 bridgehead atoms. The Kier molecular flexibility index (Phi) is 7.75. The Labute approximate surface area is 223 Å². The molecule has 186 valence electrons. The number of amides is 1. The number of nitriles is 1. The third-order valence-corrected chi connectivity index (χ3v) is 9.65. The maximum absolute atomic E-state index is 13.0. The molecule has 2 aliphatic rings. The van der Waals surface area contributed by atoms with Crippen molar-refractivity contribution in [2.24, 2.45) is 0 Å². The highest BCUT2D eigenvalue weighted by Gasteiger charge is 2.28. The number of pyridine rings is 1. The van der Waals surface area contributed by atoms with Crippen LogP contribution in [0.15, 0.2) is 22.5 Å². The number of aromatic nitrogens is 1. The highest BCUT2D eigenvalue weighted by molar-refractivity contribution is 8.00. The summed E-state index contributed by atoms with van der Waals surface area (Å²) in [5.74, 6) is -0.483. The van der Waals surface area contributed by atoms with Crippen molar-refractivity contribution in [2.75, 3.05) is 17.7 Å². The Morgan fingerprint density at radius 1 is 1.14 bits per heavy atom. The maximum Gasteiger partial charge on any atom is 0.341 e. The van der Waals surface area contributed by atoms with Crippen molar-refractivity contribution in [1.29, 1.82) is 5.26 Å². The second-order valence-corrected chi connectivity index (χ2v) is 11.9. The lowest BCUT2D eigenvalue weighted by atomic mass is 9.88. The molecule has 0 spiro atoms. The molecule has 0 fully saturated rings. The van der Waals surface area contributed by atoms with Gasteiger partial charge in [0.2, 0.25) is 5.91 Å². The van der Waals surface area contributed by atoms with Crippen LogP contribution in [-0.4, -0.2) is 29.2 Å². The lowest BCUT2D eigenvalue weighted by molar-refractivity contribution is -0.113. The van der Waals surface area contributed by atoms with Gasteiger partial charge in [-0.3, -0.25) is 4.79 Å². The molecule has 1 amide bonds. The molecule has 0 unspecified atom stereocenters. The van der Waals surface area contributed by atoms with Gasteiger partial charge in [0.25, 0.3) is 0 Å². The summed E-state index contributed by atoms with van der Waals surface area (Å²) in [5, 5.41) is 16.2. The van der Waals surface area contributed by atoms with Gasteiger partial charge >= 0.3 is 5.97 Å². The van der Waals surface area contributed by atoms with Crippen LogP contribution in [0, 0.1) is 11.3 Å². The van der Waals surface area contributed by atoms with Crippen molar-refractivity contribution < 1.29 is 14.3 Å².